The molecule has 1 rings (SSSR count). The fraction of sp³-hybridized carbons (Fsp3) is 0.364. The van der Waals surface area contributed by atoms with E-state index in [1.807, 2.05) is 38.3 Å². The average molecular weight is 210 g/mol. The maximum absolute atomic E-state index is 11.4. The van der Waals surface area contributed by atoms with Crippen molar-refractivity contribution in [2.24, 2.45) is 0 Å². The normalized spacial score (nSPS) is 9.93. The Labute approximate surface area is 88.7 Å². The molecule has 0 fully saturated rings. The molecule has 2 nitrogen and oxygen atoms in total. The van der Waals surface area contributed by atoms with Crippen molar-refractivity contribution in [1.82, 2.24) is 0 Å². The Hall–Kier alpha value is -0.960. The number of carbonyl (C=O) groups excluding carboxylic acids is 1. The first-order chi connectivity index (χ1) is 6.67. The van der Waals surface area contributed by atoms with Gasteiger partial charge in [0.15, 0.2) is 0 Å². The van der Waals surface area contributed by atoms with Gasteiger partial charge in [0.1, 0.15) is 0 Å². The number of hydrogen-bond donors (Lipinski definition) is 0. The van der Waals surface area contributed by atoms with Crippen LogP contribution in [0.25, 0.3) is 0 Å². The molecule has 1 aromatic rings. The summed E-state index contributed by atoms with van der Waals surface area (Å²) in [5.41, 5.74) is 1.72. The van der Waals surface area contributed by atoms with E-state index in [0.29, 0.717) is 12.2 Å². The zero-order valence-electron chi connectivity index (χ0n) is 8.66. The molecule has 1 aromatic carbocycles. The van der Waals surface area contributed by atoms with Crippen molar-refractivity contribution >= 4 is 17.7 Å². The van der Waals surface area contributed by atoms with E-state index in [2.05, 4.69) is 0 Å². The van der Waals surface area contributed by atoms with E-state index < -0.39 is 0 Å². The first-order valence-electron chi connectivity index (χ1n) is 4.50. The number of thioether (sulfide) groups is 1. The highest BCUT2D eigenvalue weighted by molar-refractivity contribution is 7.98. The van der Waals surface area contributed by atoms with Gasteiger partial charge >= 0.3 is 5.97 Å². The molecule has 0 atom stereocenters. The second kappa shape index (κ2) is 5.05. The van der Waals surface area contributed by atoms with E-state index in [1.54, 1.807) is 11.8 Å². The predicted octanol–water partition coefficient (Wildman–Crippen LogP) is 2.89. The van der Waals surface area contributed by atoms with Crippen LogP contribution in [0.3, 0.4) is 0 Å². The molecule has 3 heteroatoms. The molecule has 0 aliphatic carbocycles. The van der Waals surface area contributed by atoms with Crippen LogP contribution >= 0.6 is 11.8 Å². The molecule has 0 radical (unpaired) electrons. The molecule has 0 heterocycles. The largest absolute Gasteiger partial charge is 0.462 e. The van der Waals surface area contributed by atoms with Crippen molar-refractivity contribution in [2.45, 2.75) is 18.7 Å². The minimum atomic E-state index is -0.244. The Morgan fingerprint density at radius 1 is 1.43 bits per heavy atom. The zero-order chi connectivity index (χ0) is 10.6. The van der Waals surface area contributed by atoms with Gasteiger partial charge < -0.3 is 4.74 Å². The van der Waals surface area contributed by atoms with Gasteiger partial charge in [-0.15, -0.1) is 11.8 Å². The van der Waals surface area contributed by atoms with Crippen LogP contribution in [0.5, 0.6) is 0 Å². The van der Waals surface area contributed by atoms with Crippen molar-refractivity contribution < 1.29 is 9.53 Å². The smallest absolute Gasteiger partial charge is 0.338 e. The summed E-state index contributed by atoms with van der Waals surface area (Å²) in [5, 5.41) is 0. The number of benzene rings is 1. The van der Waals surface area contributed by atoms with Crippen LogP contribution in [0, 0.1) is 6.92 Å². The molecule has 0 saturated heterocycles. The lowest BCUT2D eigenvalue weighted by atomic mass is 10.1. The maximum atomic E-state index is 11.4. The standard InChI is InChI=1S/C11H14O2S/c1-4-13-11(12)9-5-8(2)6-10(7-9)14-3/h5-7H,4H2,1-3H3. The van der Waals surface area contributed by atoms with Gasteiger partial charge in [-0.1, -0.05) is 0 Å². The second-order valence-electron chi connectivity index (χ2n) is 2.96. The van der Waals surface area contributed by atoms with Crippen molar-refractivity contribution in [3.05, 3.63) is 29.3 Å². The molecule has 0 saturated carbocycles. The number of carbonyl (C=O) groups is 1. The van der Waals surface area contributed by atoms with E-state index in [0.717, 1.165) is 10.5 Å². The topological polar surface area (TPSA) is 26.3 Å². The molecule has 14 heavy (non-hydrogen) atoms. The van der Waals surface area contributed by atoms with Gasteiger partial charge in [0.25, 0.3) is 0 Å². The fourth-order valence-electron chi connectivity index (χ4n) is 1.20. The SMILES string of the molecule is CCOC(=O)c1cc(C)cc(SC)c1. The van der Waals surface area contributed by atoms with Crippen LogP contribution in [-0.4, -0.2) is 18.8 Å². The molecule has 0 aromatic heterocycles. The molecular weight excluding hydrogens is 196 g/mol. The molecule has 0 N–H and O–H groups in total. The Morgan fingerprint density at radius 3 is 2.71 bits per heavy atom. The molecule has 76 valence electrons. The van der Waals surface area contributed by atoms with Crippen LogP contribution in [-0.2, 0) is 4.74 Å². The van der Waals surface area contributed by atoms with E-state index in [1.165, 1.54) is 0 Å². The molecule has 0 aliphatic rings. The third-order valence-electron chi connectivity index (χ3n) is 1.80. The summed E-state index contributed by atoms with van der Waals surface area (Å²) < 4.78 is 4.93. The molecular formula is C11H14O2S. The van der Waals surface area contributed by atoms with Gasteiger partial charge in [-0.05, 0) is 43.9 Å². The first-order valence-corrected chi connectivity index (χ1v) is 5.72. The number of hydrogen-bond acceptors (Lipinski definition) is 3. The number of aryl methyl sites for hydroxylation is 1. The highest BCUT2D eigenvalue weighted by Crippen LogP contribution is 2.19. The first kappa shape index (κ1) is 11.1. The summed E-state index contributed by atoms with van der Waals surface area (Å²) in [4.78, 5) is 12.5. The Morgan fingerprint density at radius 2 is 2.14 bits per heavy atom. The number of ether oxygens (including phenoxy) is 1. The van der Waals surface area contributed by atoms with E-state index in [4.69, 9.17) is 4.74 Å². The molecule has 0 spiro atoms. The van der Waals surface area contributed by atoms with Crippen LogP contribution in [0.2, 0.25) is 0 Å². The van der Waals surface area contributed by atoms with E-state index >= 15 is 0 Å². The average Bonchev–Trinajstić information content (AvgIpc) is 2.17. The summed E-state index contributed by atoms with van der Waals surface area (Å²) in [5.74, 6) is -0.244. The van der Waals surface area contributed by atoms with Crippen molar-refractivity contribution in [3.63, 3.8) is 0 Å². The number of rotatable bonds is 3. The predicted molar refractivity (Wildman–Crippen MR) is 58.9 cm³/mol. The van der Waals surface area contributed by atoms with Crippen molar-refractivity contribution in [2.75, 3.05) is 12.9 Å². The molecule has 0 aliphatic heterocycles. The lowest BCUT2D eigenvalue weighted by Gasteiger charge is -2.05. The summed E-state index contributed by atoms with van der Waals surface area (Å²) in [6.45, 7) is 4.20. The summed E-state index contributed by atoms with van der Waals surface area (Å²) in [6, 6.07) is 5.75. The third-order valence-corrected chi connectivity index (χ3v) is 2.50. The Balaban J connectivity index is 2.96. The minimum absolute atomic E-state index is 0.244. The fourth-order valence-corrected chi connectivity index (χ4v) is 1.75. The Kier molecular flexibility index (Phi) is 4.01. The van der Waals surface area contributed by atoms with Crippen molar-refractivity contribution in [1.29, 1.82) is 0 Å². The number of esters is 1. The van der Waals surface area contributed by atoms with Crippen LogP contribution in [0.1, 0.15) is 22.8 Å². The molecule has 0 amide bonds. The van der Waals surface area contributed by atoms with Gasteiger partial charge in [0.2, 0.25) is 0 Å². The molecule has 0 unspecified atom stereocenters. The Bertz CT molecular complexity index is 334. The van der Waals surface area contributed by atoms with Gasteiger partial charge in [-0.2, -0.15) is 0 Å². The van der Waals surface area contributed by atoms with E-state index in [-0.39, 0.29) is 5.97 Å². The third kappa shape index (κ3) is 2.77. The van der Waals surface area contributed by atoms with Crippen molar-refractivity contribution in [3.8, 4) is 0 Å². The van der Waals surface area contributed by atoms with Crippen LogP contribution < -0.4 is 0 Å². The minimum Gasteiger partial charge on any atom is -0.462 e. The lowest BCUT2D eigenvalue weighted by molar-refractivity contribution is 0.0526. The lowest BCUT2D eigenvalue weighted by Crippen LogP contribution is -2.04. The van der Waals surface area contributed by atoms with Gasteiger partial charge in [-0.25, -0.2) is 4.79 Å². The zero-order valence-corrected chi connectivity index (χ0v) is 9.48. The quantitative estimate of drug-likeness (QED) is 0.567. The molecule has 0 bridgehead atoms. The monoisotopic (exact) mass is 210 g/mol. The van der Waals surface area contributed by atoms with Crippen LogP contribution in [0.4, 0.5) is 0 Å². The summed E-state index contributed by atoms with van der Waals surface area (Å²) in [6.07, 6.45) is 1.99. The second-order valence-corrected chi connectivity index (χ2v) is 3.84. The van der Waals surface area contributed by atoms with Gasteiger partial charge in [0, 0.05) is 4.90 Å². The van der Waals surface area contributed by atoms with Gasteiger partial charge in [0.05, 0.1) is 12.2 Å². The summed E-state index contributed by atoms with van der Waals surface area (Å²) in [7, 11) is 0. The highest BCUT2D eigenvalue weighted by atomic mass is 32.2. The maximum Gasteiger partial charge on any atom is 0.338 e. The van der Waals surface area contributed by atoms with Crippen LogP contribution in [0.15, 0.2) is 23.1 Å². The summed E-state index contributed by atoms with van der Waals surface area (Å²) >= 11 is 1.62. The van der Waals surface area contributed by atoms with Gasteiger partial charge in [-0.3, -0.25) is 0 Å². The highest BCUT2D eigenvalue weighted by Gasteiger charge is 2.07. The van der Waals surface area contributed by atoms with E-state index in [9.17, 15) is 4.79 Å².